The lowest BCUT2D eigenvalue weighted by atomic mass is 9.89. The van der Waals surface area contributed by atoms with Gasteiger partial charge in [0.05, 0.1) is 6.10 Å². The zero-order valence-corrected chi connectivity index (χ0v) is 11.2. The third kappa shape index (κ3) is 3.82. The van der Waals surface area contributed by atoms with E-state index in [1.54, 1.807) is 30.4 Å². The minimum atomic E-state index is -0.512. The first-order valence-electron chi connectivity index (χ1n) is 5.12. The molecule has 1 aromatic rings. The summed E-state index contributed by atoms with van der Waals surface area (Å²) >= 11 is 11.9. The van der Waals surface area contributed by atoms with Gasteiger partial charge in [0.2, 0.25) is 0 Å². The number of aliphatic hydroxyl groups is 1. The topological polar surface area (TPSA) is 20.2 Å². The molecular formula is C13H16Cl2O. The molecule has 0 saturated carbocycles. The van der Waals surface area contributed by atoms with Gasteiger partial charge < -0.3 is 5.11 Å². The van der Waals surface area contributed by atoms with Gasteiger partial charge in [0.15, 0.2) is 0 Å². The Hall–Kier alpha value is -0.500. The predicted molar refractivity (Wildman–Crippen MR) is 71.0 cm³/mol. The molecule has 0 fully saturated rings. The smallest absolute Gasteiger partial charge is 0.0772 e. The summed E-state index contributed by atoms with van der Waals surface area (Å²) in [6.45, 7) is 5.92. The van der Waals surface area contributed by atoms with Gasteiger partial charge in [0, 0.05) is 10.0 Å². The summed E-state index contributed by atoms with van der Waals surface area (Å²) in [5.41, 5.74) is 0.638. The molecule has 0 aliphatic heterocycles. The van der Waals surface area contributed by atoms with Crippen molar-refractivity contribution in [2.45, 2.75) is 26.9 Å². The molecule has 0 aromatic heterocycles. The highest BCUT2D eigenvalue weighted by atomic mass is 35.5. The van der Waals surface area contributed by atoms with E-state index < -0.39 is 6.10 Å². The van der Waals surface area contributed by atoms with Gasteiger partial charge in [-0.25, -0.2) is 0 Å². The van der Waals surface area contributed by atoms with Crippen molar-refractivity contribution in [3.8, 4) is 0 Å². The van der Waals surface area contributed by atoms with Crippen LogP contribution < -0.4 is 0 Å². The van der Waals surface area contributed by atoms with E-state index in [0.717, 1.165) is 5.56 Å². The fourth-order valence-corrected chi connectivity index (χ4v) is 1.49. The summed E-state index contributed by atoms with van der Waals surface area (Å²) in [6, 6.07) is 5.25. The monoisotopic (exact) mass is 258 g/mol. The van der Waals surface area contributed by atoms with E-state index in [2.05, 4.69) is 0 Å². The second-order valence-corrected chi connectivity index (χ2v) is 5.68. The first-order valence-corrected chi connectivity index (χ1v) is 5.87. The van der Waals surface area contributed by atoms with Crippen LogP contribution in [0, 0.1) is 5.41 Å². The van der Waals surface area contributed by atoms with Gasteiger partial charge in [-0.15, -0.1) is 0 Å². The molecule has 0 spiro atoms. The molecule has 1 unspecified atom stereocenters. The Bertz CT molecular complexity index is 391. The molecular weight excluding hydrogens is 243 g/mol. The van der Waals surface area contributed by atoms with Crippen molar-refractivity contribution >= 4 is 29.3 Å². The van der Waals surface area contributed by atoms with Crippen molar-refractivity contribution in [1.82, 2.24) is 0 Å². The molecule has 0 amide bonds. The molecule has 0 heterocycles. The van der Waals surface area contributed by atoms with Crippen LogP contribution in [-0.2, 0) is 0 Å². The third-order valence-electron chi connectivity index (χ3n) is 2.30. The standard InChI is InChI=1S/C13H16Cl2O/c1-13(2,3)12(16)7-4-9-8-10(14)5-6-11(9)15/h4-8,12,16H,1-3H3. The van der Waals surface area contributed by atoms with Crippen molar-refractivity contribution in [3.05, 3.63) is 39.9 Å². The molecule has 88 valence electrons. The molecule has 0 aliphatic carbocycles. The second kappa shape index (κ2) is 5.22. The van der Waals surface area contributed by atoms with Gasteiger partial charge in [0.1, 0.15) is 0 Å². The predicted octanol–water partition coefficient (Wildman–Crippen LogP) is 4.41. The Labute approximate surface area is 107 Å². The van der Waals surface area contributed by atoms with Crippen LogP contribution in [0.2, 0.25) is 10.0 Å². The fourth-order valence-electron chi connectivity index (χ4n) is 1.13. The molecule has 1 N–H and O–H groups in total. The average molecular weight is 259 g/mol. The first-order chi connectivity index (χ1) is 7.30. The molecule has 3 heteroatoms. The van der Waals surface area contributed by atoms with Crippen LogP contribution in [0.4, 0.5) is 0 Å². The zero-order valence-electron chi connectivity index (χ0n) is 9.67. The summed E-state index contributed by atoms with van der Waals surface area (Å²) in [5.74, 6) is 0. The van der Waals surface area contributed by atoms with E-state index in [4.69, 9.17) is 23.2 Å². The Balaban J connectivity index is 2.88. The maximum atomic E-state index is 9.84. The minimum Gasteiger partial charge on any atom is -0.388 e. The molecule has 16 heavy (non-hydrogen) atoms. The Morgan fingerprint density at radius 3 is 2.44 bits per heavy atom. The van der Waals surface area contributed by atoms with E-state index in [-0.39, 0.29) is 5.41 Å². The number of halogens is 2. The number of rotatable bonds is 2. The Morgan fingerprint density at radius 1 is 1.25 bits per heavy atom. The fraction of sp³-hybridized carbons (Fsp3) is 0.385. The van der Waals surface area contributed by atoms with Crippen LogP contribution in [0.15, 0.2) is 24.3 Å². The SMILES string of the molecule is CC(C)(C)C(O)C=Cc1cc(Cl)ccc1Cl. The van der Waals surface area contributed by atoms with Crippen LogP contribution in [-0.4, -0.2) is 11.2 Å². The number of hydrogen-bond acceptors (Lipinski definition) is 1. The Morgan fingerprint density at radius 2 is 1.88 bits per heavy atom. The molecule has 1 rings (SSSR count). The van der Waals surface area contributed by atoms with Crippen molar-refractivity contribution in [2.75, 3.05) is 0 Å². The first kappa shape index (κ1) is 13.6. The Kier molecular flexibility index (Phi) is 4.43. The minimum absolute atomic E-state index is 0.179. The summed E-state index contributed by atoms with van der Waals surface area (Å²) in [4.78, 5) is 0. The van der Waals surface area contributed by atoms with Crippen LogP contribution in [0.1, 0.15) is 26.3 Å². The van der Waals surface area contributed by atoms with Crippen LogP contribution in [0.5, 0.6) is 0 Å². The highest BCUT2D eigenvalue weighted by Gasteiger charge is 2.18. The van der Waals surface area contributed by atoms with Gasteiger partial charge in [-0.3, -0.25) is 0 Å². The van der Waals surface area contributed by atoms with Crippen molar-refractivity contribution < 1.29 is 5.11 Å². The van der Waals surface area contributed by atoms with Crippen molar-refractivity contribution in [2.24, 2.45) is 5.41 Å². The molecule has 1 atom stereocenters. The van der Waals surface area contributed by atoms with Crippen LogP contribution in [0.25, 0.3) is 6.08 Å². The molecule has 0 bridgehead atoms. The molecule has 0 radical (unpaired) electrons. The normalized spacial score (nSPS) is 14.4. The van der Waals surface area contributed by atoms with Crippen molar-refractivity contribution in [1.29, 1.82) is 0 Å². The summed E-state index contributed by atoms with van der Waals surface area (Å²) < 4.78 is 0. The average Bonchev–Trinajstić information content (AvgIpc) is 2.17. The lowest BCUT2D eigenvalue weighted by Crippen LogP contribution is -2.23. The number of benzene rings is 1. The highest BCUT2D eigenvalue weighted by Crippen LogP contribution is 2.24. The van der Waals surface area contributed by atoms with E-state index in [9.17, 15) is 5.11 Å². The summed E-state index contributed by atoms with van der Waals surface area (Å²) in [7, 11) is 0. The van der Waals surface area contributed by atoms with Gasteiger partial charge in [-0.05, 0) is 29.2 Å². The molecule has 1 nitrogen and oxygen atoms in total. The molecule has 0 saturated heterocycles. The van der Waals surface area contributed by atoms with Crippen LogP contribution in [0.3, 0.4) is 0 Å². The van der Waals surface area contributed by atoms with E-state index in [1.165, 1.54) is 0 Å². The second-order valence-electron chi connectivity index (χ2n) is 4.84. The van der Waals surface area contributed by atoms with Crippen molar-refractivity contribution in [3.63, 3.8) is 0 Å². The summed E-state index contributed by atoms with van der Waals surface area (Å²) in [6.07, 6.45) is 3.02. The van der Waals surface area contributed by atoms with Crippen LogP contribution >= 0.6 is 23.2 Å². The molecule has 0 aliphatic rings. The summed E-state index contributed by atoms with van der Waals surface area (Å²) in [5, 5.41) is 11.1. The molecule has 1 aromatic carbocycles. The van der Waals surface area contributed by atoms with E-state index in [1.807, 2.05) is 20.8 Å². The van der Waals surface area contributed by atoms with Gasteiger partial charge in [-0.1, -0.05) is 56.1 Å². The third-order valence-corrected chi connectivity index (χ3v) is 2.88. The number of aliphatic hydroxyl groups excluding tert-OH is 1. The van der Waals surface area contributed by atoms with Gasteiger partial charge in [0.25, 0.3) is 0 Å². The number of hydrogen-bond donors (Lipinski definition) is 1. The largest absolute Gasteiger partial charge is 0.388 e. The zero-order chi connectivity index (χ0) is 12.3. The van der Waals surface area contributed by atoms with Gasteiger partial charge in [-0.2, -0.15) is 0 Å². The lowest BCUT2D eigenvalue weighted by molar-refractivity contribution is 0.106. The lowest BCUT2D eigenvalue weighted by Gasteiger charge is -2.22. The highest BCUT2D eigenvalue weighted by molar-refractivity contribution is 6.34. The quantitative estimate of drug-likeness (QED) is 0.833. The van der Waals surface area contributed by atoms with Gasteiger partial charge >= 0.3 is 0 Å². The maximum Gasteiger partial charge on any atom is 0.0772 e. The van der Waals surface area contributed by atoms with E-state index >= 15 is 0 Å². The maximum absolute atomic E-state index is 9.84. The van der Waals surface area contributed by atoms with E-state index in [0.29, 0.717) is 10.0 Å².